The van der Waals surface area contributed by atoms with E-state index in [0.29, 0.717) is 0 Å². The fourth-order valence-electron chi connectivity index (χ4n) is 7.45. The monoisotopic (exact) mass is 560 g/mol. The van der Waals surface area contributed by atoms with Gasteiger partial charge in [-0.3, -0.25) is 9.55 Å². The van der Waals surface area contributed by atoms with Crippen molar-refractivity contribution in [2.24, 2.45) is 0 Å². The first-order valence-electron chi connectivity index (χ1n) is 14.9. The molecule has 204 valence electrons. The quantitative estimate of drug-likeness (QED) is 0.198. The summed E-state index contributed by atoms with van der Waals surface area (Å²) in [6, 6.07) is 41.9. The Morgan fingerprint density at radius 1 is 0.500 bits per heavy atom. The molecule has 2 aromatic heterocycles. The minimum Gasteiger partial charge on any atom is -0.279 e. The zero-order valence-corrected chi connectivity index (χ0v) is 23.9. The molecule has 0 unspecified atom stereocenters. The van der Waals surface area contributed by atoms with E-state index in [9.17, 15) is 0 Å². The van der Waals surface area contributed by atoms with E-state index in [1.807, 2.05) is 37.5 Å². The van der Waals surface area contributed by atoms with E-state index in [4.69, 9.17) is 15.0 Å². The highest BCUT2D eigenvalue weighted by Gasteiger charge is 2.17. The summed E-state index contributed by atoms with van der Waals surface area (Å²) >= 11 is 0. The lowest BCUT2D eigenvalue weighted by atomic mass is 9.87. The zero-order valence-electron chi connectivity index (χ0n) is 23.9. The first-order chi connectivity index (χ1) is 21.7. The molecule has 0 aliphatic rings. The van der Waals surface area contributed by atoms with Gasteiger partial charge in [0.15, 0.2) is 5.82 Å². The molecule has 0 amide bonds. The molecular formula is C40H24N4. The number of aryl methyl sites for hydroxylation is 1. The molecule has 0 fully saturated rings. The van der Waals surface area contributed by atoms with Crippen molar-refractivity contribution in [3.8, 4) is 17.1 Å². The van der Waals surface area contributed by atoms with E-state index < -0.39 is 0 Å². The third kappa shape index (κ3) is 3.14. The van der Waals surface area contributed by atoms with Crippen LogP contribution in [0.3, 0.4) is 0 Å². The van der Waals surface area contributed by atoms with Gasteiger partial charge in [0.05, 0.1) is 29.1 Å². The number of benzene rings is 7. The highest BCUT2D eigenvalue weighted by Crippen LogP contribution is 2.44. The van der Waals surface area contributed by atoms with E-state index in [1.165, 1.54) is 64.6 Å². The van der Waals surface area contributed by atoms with Gasteiger partial charge in [0, 0.05) is 5.56 Å². The molecule has 0 radical (unpaired) electrons. The van der Waals surface area contributed by atoms with Crippen LogP contribution in [0.2, 0.25) is 0 Å². The van der Waals surface area contributed by atoms with E-state index in [2.05, 4.69) is 102 Å². The molecule has 10 rings (SSSR count). The highest BCUT2D eigenvalue weighted by molar-refractivity contribution is 6.37. The summed E-state index contributed by atoms with van der Waals surface area (Å²) in [5.74, 6) is 1.65. The summed E-state index contributed by atoms with van der Waals surface area (Å²) in [6.07, 6.45) is 3.75. The smallest absolute Gasteiger partial charge is 0.157 e. The molecule has 44 heavy (non-hydrogen) atoms. The summed E-state index contributed by atoms with van der Waals surface area (Å²) in [5.41, 5.74) is 3.87. The van der Waals surface area contributed by atoms with E-state index in [-0.39, 0.29) is 0 Å². The highest BCUT2D eigenvalue weighted by atomic mass is 15.1. The molecule has 0 atom stereocenters. The number of imidazole rings is 1. The Balaban J connectivity index is 1.31. The average molecular weight is 561 g/mol. The van der Waals surface area contributed by atoms with Crippen molar-refractivity contribution < 1.29 is 0 Å². The van der Waals surface area contributed by atoms with Crippen molar-refractivity contribution in [2.75, 3.05) is 0 Å². The minimum absolute atomic E-state index is 0.763. The van der Waals surface area contributed by atoms with Crippen LogP contribution in [0.5, 0.6) is 0 Å². The van der Waals surface area contributed by atoms with Gasteiger partial charge in [0.25, 0.3) is 0 Å². The van der Waals surface area contributed by atoms with E-state index in [0.717, 1.165) is 33.9 Å². The van der Waals surface area contributed by atoms with E-state index >= 15 is 0 Å². The molecule has 0 aliphatic heterocycles. The van der Waals surface area contributed by atoms with Crippen LogP contribution in [-0.4, -0.2) is 19.5 Å². The Labute approximate surface area is 252 Å². The molecular weight excluding hydrogens is 536 g/mol. The molecule has 0 bridgehead atoms. The zero-order chi connectivity index (χ0) is 28.9. The predicted molar refractivity (Wildman–Crippen MR) is 183 cm³/mol. The lowest BCUT2D eigenvalue weighted by molar-refractivity contribution is 0.943. The Kier molecular flexibility index (Phi) is 4.62. The SMILES string of the molecule is Cc1nc2ccccc2n1-c1cnc(-c2cc3ccc4cccc5c6cccc7ccc8cccc(c(c2)c3c45)c8c76)cn1. The molecule has 4 heteroatoms. The normalized spacial score (nSPS) is 12.2. The first kappa shape index (κ1) is 23.7. The van der Waals surface area contributed by atoms with Gasteiger partial charge in [0.1, 0.15) is 5.82 Å². The Hall–Kier alpha value is -5.87. The summed E-state index contributed by atoms with van der Waals surface area (Å²) in [6.45, 7) is 2.01. The summed E-state index contributed by atoms with van der Waals surface area (Å²) in [5, 5.41) is 15.2. The minimum atomic E-state index is 0.763. The number of hydrogen-bond acceptors (Lipinski definition) is 3. The van der Waals surface area contributed by atoms with Gasteiger partial charge in [-0.05, 0) is 95.8 Å². The van der Waals surface area contributed by atoms with Crippen LogP contribution in [0.4, 0.5) is 0 Å². The number of para-hydroxylation sites is 2. The van der Waals surface area contributed by atoms with Crippen molar-refractivity contribution in [3.05, 3.63) is 133 Å². The van der Waals surface area contributed by atoms with Gasteiger partial charge in [0.2, 0.25) is 0 Å². The van der Waals surface area contributed by atoms with Crippen LogP contribution < -0.4 is 0 Å². The topological polar surface area (TPSA) is 43.6 Å². The predicted octanol–water partition coefficient (Wildman–Crippen LogP) is 10.1. The van der Waals surface area contributed by atoms with Crippen LogP contribution >= 0.6 is 0 Å². The number of nitrogens with zero attached hydrogens (tertiary/aromatic N) is 4. The second kappa shape index (κ2) is 8.59. The molecule has 0 saturated carbocycles. The maximum Gasteiger partial charge on any atom is 0.157 e. The maximum atomic E-state index is 4.97. The molecule has 8 aromatic carbocycles. The largest absolute Gasteiger partial charge is 0.279 e. The van der Waals surface area contributed by atoms with Crippen LogP contribution in [0.1, 0.15) is 5.82 Å². The second-order valence-electron chi connectivity index (χ2n) is 11.7. The summed E-state index contributed by atoms with van der Waals surface area (Å²) < 4.78 is 2.07. The van der Waals surface area contributed by atoms with Crippen molar-refractivity contribution in [1.29, 1.82) is 0 Å². The number of fused-ring (bicyclic) bond motifs is 3. The molecule has 0 aliphatic carbocycles. The van der Waals surface area contributed by atoms with Gasteiger partial charge >= 0.3 is 0 Å². The van der Waals surface area contributed by atoms with Crippen molar-refractivity contribution in [1.82, 2.24) is 19.5 Å². The summed E-state index contributed by atoms with van der Waals surface area (Å²) in [4.78, 5) is 14.6. The third-order valence-corrected chi connectivity index (χ3v) is 9.32. The van der Waals surface area contributed by atoms with Crippen molar-refractivity contribution >= 4 is 75.7 Å². The lowest BCUT2D eigenvalue weighted by Gasteiger charge is -2.17. The average Bonchev–Trinajstić information content (AvgIpc) is 3.41. The van der Waals surface area contributed by atoms with Gasteiger partial charge in [-0.1, -0.05) is 91.0 Å². The molecule has 4 nitrogen and oxygen atoms in total. The van der Waals surface area contributed by atoms with Crippen LogP contribution in [-0.2, 0) is 0 Å². The Morgan fingerprint density at radius 3 is 1.73 bits per heavy atom. The molecule has 2 heterocycles. The van der Waals surface area contributed by atoms with Crippen molar-refractivity contribution in [3.63, 3.8) is 0 Å². The molecule has 10 aromatic rings. The number of rotatable bonds is 2. The molecule has 0 N–H and O–H groups in total. The molecule has 0 saturated heterocycles. The van der Waals surface area contributed by atoms with Gasteiger partial charge in [-0.25, -0.2) is 9.97 Å². The van der Waals surface area contributed by atoms with Crippen molar-refractivity contribution in [2.45, 2.75) is 6.92 Å². The van der Waals surface area contributed by atoms with Gasteiger partial charge in [-0.15, -0.1) is 0 Å². The second-order valence-corrected chi connectivity index (χ2v) is 11.7. The van der Waals surface area contributed by atoms with E-state index in [1.54, 1.807) is 0 Å². The fraction of sp³-hybridized carbons (Fsp3) is 0.0250. The standard InChI is InChI=1S/C40H24N4/c1-23-43-33-13-2-3-14-35(33)44(23)36-22-41-34(21-42-36)28-19-27-18-17-26-8-5-11-30-29-10-4-7-24-15-16-25-9-6-12-31(39(25)37(24)29)32(20-28)40(27)38(26)30/h2-22H,1H3. The van der Waals surface area contributed by atoms with Gasteiger partial charge < -0.3 is 0 Å². The fourth-order valence-corrected chi connectivity index (χ4v) is 7.45. The third-order valence-electron chi connectivity index (χ3n) is 9.32. The number of aromatic nitrogens is 4. The first-order valence-corrected chi connectivity index (χ1v) is 14.9. The lowest BCUT2D eigenvalue weighted by Crippen LogP contribution is -2.01. The summed E-state index contributed by atoms with van der Waals surface area (Å²) in [7, 11) is 0. The Morgan fingerprint density at radius 2 is 1.09 bits per heavy atom. The molecule has 0 spiro atoms. The maximum absolute atomic E-state index is 4.97. The van der Waals surface area contributed by atoms with Gasteiger partial charge in [-0.2, -0.15) is 0 Å². The number of hydrogen-bond donors (Lipinski definition) is 0. The van der Waals surface area contributed by atoms with Crippen LogP contribution in [0.15, 0.2) is 128 Å². The van der Waals surface area contributed by atoms with Crippen LogP contribution in [0, 0.1) is 6.92 Å². The van der Waals surface area contributed by atoms with Crippen LogP contribution in [0.25, 0.3) is 92.7 Å². The Bertz CT molecular complexity index is 2770.